The maximum absolute atomic E-state index is 11.0. The van der Waals surface area contributed by atoms with Gasteiger partial charge in [-0.05, 0) is 42.9 Å². The van der Waals surface area contributed by atoms with Crippen LogP contribution in [0.4, 0.5) is 0 Å². The van der Waals surface area contributed by atoms with Crippen molar-refractivity contribution in [2.75, 3.05) is 0 Å². The van der Waals surface area contributed by atoms with Crippen molar-refractivity contribution in [1.29, 1.82) is 0 Å². The Kier molecular flexibility index (Phi) is 2.77. The number of carboxylic acids is 1. The molecule has 1 N–H and O–H groups in total. The molecule has 0 atom stereocenters. The first kappa shape index (κ1) is 12.1. The number of rotatable bonds is 5. The summed E-state index contributed by atoms with van der Waals surface area (Å²) < 4.78 is 1.87. The Morgan fingerprint density at radius 1 is 1.47 bits per heavy atom. The monoisotopic (exact) mass is 259 g/mol. The van der Waals surface area contributed by atoms with Crippen LogP contribution < -0.4 is 0 Å². The van der Waals surface area contributed by atoms with Crippen LogP contribution in [0.2, 0.25) is 0 Å². The predicted molar refractivity (Wildman–Crippen MR) is 71.1 cm³/mol. The highest BCUT2D eigenvalue weighted by Crippen LogP contribution is 2.51. The summed E-state index contributed by atoms with van der Waals surface area (Å²) in [5, 5.41) is 17.3. The van der Waals surface area contributed by atoms with Crippen LogP contribution >= 0.6 is 0 Å². The van der Waals surface area contributed by atoms with Crippen molar-refractivity contribution in [3.63, 3.8) is 0 Å². The van der Waals surface area contributed by atoms with Gasteiger partial charge in [-0.15, -0.1) is 5.10 Å². The van der Waals surface area contributed by atoms with Gasteiger partial charge in [0, 0.05) is 6.54 Å². The zero-order valence-electron chi connectivity index (χ0n) is 11.0. The van der Waals surface area contributed by atoms with Crippen LogP contribution in [-0.4, -0.2) is 26.1 Å². The summed E-state index contributed by atoms with van der Waals surface area (Å²) in [6, 6.07) is 4.96. The van der Waals surface area contributed by atoms with Crippen molar-refractivity contribution < 1.29 is 9.90 Å². The first-order valence-electron chi connectivity index (χ1n) is 6.70. The molecular weight excluding hydrogens is 242 g/mol. The molecule has 1 heterocycles. The lowest BCUT2D eigenvalue weighted by molar-refractivity contribution is 0.0697. The Morgan fingerprint density at radius 2 is 2.26 bits per heavy atom. The normalized spacial score (nSPS) is 16.7. The highest BCUT2D eigenvalue weighted by atomic mass is 16.4. The Morgan fingerprint density at radius 3 is 2.89 bits per heavy atom. The molecule has 5 heteroatoms. The minimum Gasteiger partial charge on any atom is -0.478 e. The van der Waals surface area contributed by atoms with E-state index in [-0.39, 0.29) is 5.56 Å². The molecule has 0 saturated heterocycles. The van der Waals surface area contributed by atoms with E-state index in [1.807, 2.05) is 4.68 Å². The molecule has 100 valence electrons. The summed E-state index contributed by atoms with van der Waals surface area (Å²) in [5.41, 5.74) is 2.24. The van der Waals surface area contributed by atoms with E-state index in [2.05, 4.69) is 17.2 Å². The molecule has 1 aliphatic carbocycles. The summed E-state index contributed by atoms with van der Waals surface area (Å²) in [6.45, 7) is 3.04. The van der Waals surface area contributed by atoms with E-state index in [9.17, 15) is 4.79 Å². The maximum atomic E-state index is 11.0. The molecule has 1 saturated carbocycles. The summed E-state index contributed by atoms with van der Waals surface area (Å²) in [7, 11) is 0. The zero-order valence-corrected chi connectivity index (χ0v) is 11.0. The Bertz CT molecular complexity index is 629. The first-order valence-corrected chi connectivity index (χ1v) is 6.70. The molecule has 1 aliphatic rings. The van der Waals surface area contributed by atoms with Gasteiger partial charge in [0.25, 0.3) is 0 Å². The van der Waals surface area contributed by atoms with E-state index in [1.165, 1.54) is 25.7 Å². The number of carboxylic acid groups (broad SMARTS) is 1. The molecule has 1 aromatic heterocycles. The first-order chi connectivity index (χ1) is 9.13. The zero-order chi connectivity index (χ0) is 13.5. The molecule has 0 amide bonds. The standard InChI is InChI=1S/C14H17N3O2/c1-2-5-14(6-7-14)9-17-12-8-10(13(18)19)3-4-11(12)15-16-17/h3-4,8H,2,5-7,9H2,1H3,(H,18,19). The van der Waals surface area contributed by atoms with Crippen molar-refractivity contribution in [2.45, 2.75) is 39.2 Å². The van der Waals surface area contributed by atoms with Gasteiger partial charge >= 0.3 is 5.97 Å². The third kappa shape index (κ3) is 2.20. The fourth-order valence-corrected chi connectivity index (χ4v) is 2.73. The van der Waals surface area contributed by atoms with Crippen molar-refractivity contribution in [1.82, 2.24) is 15.0 Å². The van der Waals surface area contributed by atoms with Crippen LogP contribution in [-0.2, 0) is 6.54 Å². The van der Waals surface area contributed by atoms with E-state index < -0.39 is 5.97 Å². The number of hydrogen-bond acceptors (Lipinski definition) is 3. The van der Waals surface area contributed by atoms with Crippen molar-refractivity contribution in [2.24, 2.45) is 5.41 Å². The average Bonchev–Trinajstić information content (AvgIpc) is 3.03. The van der Waals surface area contributed by atoms with Gasteiger partial charge in [0.2, 0.25) is 0 Å². The van der Waals surface area contributed by atoms with Gasteiger partial charge in [0.15, 0.2) is 0 Å². The van der Waals surface area contributed by atoms with E-state index >= 15 is 0 Å². The number of fused-ring (bicyclic) bond motifs is 1. The number of aromatic nitrogens is 3. The van der Waals surface area contributed by atoms with E-state index in [4.69, 9.17) is 5.11 Å². The number of aromatic carboxylic acids is 1. The highest BCUT2D eigenvalue weighted by molar-refractivity contribution is 5.92. The third-order valence-electron chi connectivity index (χ3n) is 3.98. The van der Waals surface area contributed by atoms with Crippen molar-refractivity contribution >= 4 is 17.0 Å². The van der Waals surface area contributed by atoms with Crippen molar-refractivity contribution in [3.05, 3.63) is 23.8 Å². The SMILES string of the molecule is CCCC1(Cn2nnc3ccc(C(=O)O)cc32)CC1. The molecule has 0 spiro atoms. The van der Waals surface area contributed by atoms with Crippen LogP contribution in [0, 0.1) is 5.41 Å². The minimum atomic E-state index is -0.913. The van der Waals surface area contributed by atoms with Gasteiger partial charge in [0.1, 0.15) is 5.52 Å². The molecule has 2 aromatic rings. The lowest BCUT2D eigenvalue weighted by Crippen LogP contribution is -2.13. The smallest absolute Gasteiger partial charge is 0.335 e. The second kappa shape index (κ2) is 4.33. The number of benzene rings is 1. The molecule has 0 bridgehead atoms. The summed E-state index contributed by atoms with van der Waals surface area (Å²) in [6.07, 6.45) is 4.85. The summed E-state index contributed by atoms with van der Waals surface area (Å²) in [4.78, 5) is 11.0. The van der Waals surface area contributed by atoms with Crippen LogP contribution in [0.25, 0.3) is 11.0 Å². The molecule has 0 unspecified atom stereocenters. The predicted octanol–water partition coefficient (Wildman–Crippen LogP) is 2.71. The van der Waals surface area contributed by atoms with Crippen molar-refractivity contribution in [3.8, 4) is 0 Å². The summed E-state index contributed by atoms with van der Waals surface area (Å²) >= 11 is 0. The van der Waals surface area contributed by atoms with E-state index in [0.29, 0.717) is 5.41 Å². The lowest BCUT2D eigenvalue weighted by Gasteiger charge is -2.13. The van der Waals surface area contributed by atoms with Gasteiger partial charge in [-0.2, -0.15) is 0 Å². The third-order valence-corrected chi connectivity index (χ3v) is 3.98. The van der Waals surface area contributed by atoms with Gasteiger partial charge in [0.05, 0.1) is 11.1 Å². The maximum Gasteiger partial charge on any atom is 0.335 e. The second-order valence-electron chi connectivity index (χ2n) is 5.51. The highest BCUT2D eigenvalue weighted by Gasteiger charge is 2.42. The number of hydrogen-bond donors (Lipinski definition) is 1. The molecule has 1 fully saturated rings. The molecule has 5 nitrogen and oxygen atoms in total. The van der Waals surface area contributed by atoms with Crippen LogP contribution in [0.1, 0.15) is 43.0 Å². The minimum absolute atomic E-state index is 0.288. The molecule has 3 rings (SSSR count). The topological polar surface area (TPSA) is 68.0 Å². The molecule has 0 aliphatic heterocycles. The van der Waals surface area contributed by atoms with Crippen LogP contribution in [0.3, 0.4) is 0 Å². The molecule has 0 radical (unpaired) electrons. The molecular formula is C14H17N3O2. The van der Waals surface area contributed by atoms with E-state index in [1.54, 1.807) is 18.2 Å². The van der Waals surface area contributed by atoms with Gasteiger partial charge in [-0.1, -0.05) is 18.6 Å². The van der Waals surface area contributed by atoms with Crippen LogP contribution in [0.5, 0.6) is 0 Å². The summed E-state index contributed by atoms with van der Waals surface area (Å²) in [5.74, 6) is -0.913. The number of carbonyl (C=O) groups is 1. The fourth-order valence-electron chi connectivity index (χ4n) is 2.73. The molecule has 19 heavy (non-hydrogen) atoms. The van der Waals surface area contributed by atoms with Gasteiger partial charge in [-0.3, -0.25) is 0 Å². The molecule has 1 aromatic carbocycles. The Balaban J connectivity index is 1.95. The average molecular weight is 259 g/mol. The second-order valence-corrected chi connectivity index (χ2v) is 5.51. The largest absolute Gasteiger partial charge is 0.478 e. The lowest BCUT2D eigenvalue weighted by atomic mass is 10.0. The van der Waals surface area contributed by atoms with Gasteiger partial charge in [-0.25, -0.2) is 9.48 Å². The Labute approximate surface area is 111 Å². The van der Waals surface area contributed by atoms with E-state index in [0.717, 1.165) is 17.6 Å². The van der Waals surface area contributed by atoms with Crippen LogP contribution in [0.15, 0.2) is 18.2 Å². The Hall–Kier alpha value is -1.91. The van der Waals surface area contributed by atoms with Gasteiger partial charge < -0.3 is 5.11 Å². The number of nitrogens with zero attached hydrogens (tertiary/aromatic N) is 3. The fraction of sp³-hybridized carbons (Fsp3) is 0.500. The quantitative estimate of drug-likeness (QED) is 0.896.